The van der Waals surface area contributed by atoms with Crippen LogP contribution in [0.2, 0.25) is 0 Å². The molecule has 0 aromatic rings. The summed E-state index contributed by atoms with van der Waals surface area (Å²) in [5.41, 5.74) is 5.08. The lowest BCUT2D eigenvalue weighted by Gasteiger charge is -2.39. The van der Waals surface area contributed by atoms with Crippen LogP contribution in [0.4, 0.5) is 0 Å². The van der Waals surface area contributed by atoms with Gasteiger partial charge in [0.05, 0.1) is 5.60 Å². The Balaban J connectivity index is 1.68. The molecule has 2 rings (SSSR count). The lowest BCUT2D eigenvalue weighted by molar-refractivity contribution is -0.125. The molecular formula is C11H20N2O2. The van der Waals surface area contributed by atoms with Crippen LogP contribution in [0.1, 0.15) is 44.9 Å². The first-order valence-corrected chi connectivity index (χ1v) is 5.79. The van der Waals surface area contributed by atoms with Gasteiger partial charge in [0.1, 0.15) is 0 Å². The van der Waals surface area contributed by atoms with Crippen molar-refractivity contribution < 1.29 is 9.90 Å². The van der Waals surface area contributed by atoms with E-state index in [9.17, 15) is 9.90 Å². The summed E-state index contributed by atoms with van der Waals surface area (Å²) in [7, 11) is 0. The summed E-state index contributed by atoms with van der Waals surface area (Å²) in [5, 5.41) is 12.6. The molecule has 15 heavy (non-hydrogen) atoms. The minimum absolute atomic E-state index is 0.0162. The van der Waals surface area contributed by atoms with Crippen LogP contribution in [0.5, 0.6) is 0 Å². The molecule has 0 aromatic carbocycles. The van der Waals surface area contributed by atoms with Gasteiger partial charge in [-0.25, -0.2) is 0 Å². The molecule has 0 atom stereocenters. The molecule has 2 aliphatic carbocycles. The predicted octanol–water partition coefficient (Wildman–Crippen LogP) is 0.289. The zero-order valence-corrected chi connectivity index (χ0v) is 9.09. The smallest absolute Gasteiger partial charge is 0.221 e. The van der Waals surface area contributed by atoms with Gasteiger partial charge in [0.25, 0.3) is 0 Å². The van der Waals surface area contributed by atoms with Crippen molar-refractivity contribution in [1.82, 2.24) is 5.32 Å². The monoisotopic (exact) mass is 212 g/mol. The van der Waals surface area contributed by atoms with E-state index >= 15 is 0 Å². The largest absolute Gasteiger partial charge is 0.388 e. The highest BCUT2D eigenvalue weighted by Gasteiger charge is 2.37. The van der Waals surface area contributed by atoms with Crippen LogP contribution in [0.3, 0.4) is 0 Å². The van der Waals surface area contributed by atoms with Crippen LogP contribution in [0.25, 0.3) is 0 Å². The van der Waals surface area contributed by atoms with E-state index in [1.807, 2.05) is 0 Å². The molecule has 0 bridgehead atoms. The van der Waals surface area contributed by atoms with Crippen LogP contribution in [0.15, 0.2) is 0 Å². The van der Waals surface area contributed by atoms with Crippen LogP contribution >= 0.6 is 0 Å². The summed E-state index contributed by atoms with van der Waals surface area (Å²) in [6.45, 7) is 0.391. The first-order chi connectivity index (χ1) is 7.02. The Kier molecular flexibility index (Phi) is 2.73. The van der Waals surface area contributed by atoms with Gasteiger partial charge in [-0.15, -0.1) is 0 Å². The fourth-order valence-electron chi connectivity index (χ4n) is 2.21. The molecule has 4 N–H and O–H groups in total. The third kappa shape index (κ3) is 2.49. The Labute approximate surface area is 90.2 Å². The van der Waals surface area contributed by atoms with Crippen LogP contribution < -0.4 is 11.1 Å². The fourth-order valence-corrected chi connectivity index (χ4v) is 2.21. The number of nitrogens with two attached hydrogens (primary N) is 1. The van der Waals surface area contributed by atoms with Crippen molar-refractivity contribution >= 4 is 5.91 Å². The van der Waals surface area contributed by atoms with Gasteiger partial charge in [-0.05, 0) is 38.5 Å². The number of nitrogens with one attached hydrogen (secondary N) is 1. The van der Waals surface area contributed by atoms with Gasteiger partial charge in [-0.1, -0.05) is 0 Å². The van der Waals surface area contributed by atoms with Gasteiger partial charge >= 0.3 is 0 Å². The number of hydrogen-bond donors (Lipinski definition) is 3. The second-order valence-electron chi connectivity index (χ2n) is 5.25. The molecule has 0 aliphatic heterocycles. The van der Waals surface area contributed by atoms with Gasteiger partial charge in [-0.3, -0.25) is 4.79 Å². The molecule has 4 nitrogen and oxygen atoms in total. The van der Waals surface area contributed by atoms with Gasteiger partial charge in [0.2, 0.25) is 5.91 Å². The van der Waals surface area contributed by atoms with Crippen molar-refractivity contribution in [3.8, 4) is 0 Å². The van der Waals surface area contributed by atoms with E-state index in [-0.39, 0.29) is 11.4 Å². The highest BCUT2D eigenvalue weighted by molar-refractivity contribution is 5.77. The number of carbonyl (C=O) groups excluding carboxylic acids is 1. The van der Waals surface area contributed by atoms with Crippen LogP contribution in [0, 0.1) is 0 Å². The van der Waals surface area contributed by atoms with E-state index < -0.39 is 5.60 Å². The van der Waals surface area contributed by atoms with Gasteiger partial charge in [0, 0.05) is 18.5 Å². The summed E-state index contributed by atoms with van der Waals surface area (Å²) < 4.78 is 0. The number of carbonyl (C=O) groups is 1. The SMILES string of the molecule is NC1(CC(=O)NCC2(O)CCC2)CCC1. The number of rotatable bonds is 4. The van der Waals surface area contributed by atoms with E-state index in [2.05, 4.69) is 5.32 Å². The molecule has 1 amide bonds. The maximum absolute atomic E-state index is 11.5. The Morgan fingerprint density at radius 2 is 1.87 bits per heavy atom. The summed E-state index contributed by atoms with van der Waals surface area (Å²) in [6.07, 6.45) is 6.11. The quantitative estimate of drug-likeness (QED) is 0.627. The molecule has 4 heteroatoms. The summed E-state index contributed by atoms with van der Waals surface area (Å²) in [4.78, 5) is 11.5. The number of amides is 1. The minimum atomic E-state index is -0.628. The van der Waals surface area contributed by atoms with E-state index in [4.69, 9.17) is 5.73 Å². The van der Waals surface area contributed by atoms with Crippen molar-refractivity contribution in [2.24, 2.45) is 5.73 Å². The molecule has 0 aromatic heterocycles. The Morgan fingerprint density at radius 1 is 1.27 bits per heavy atom. The lowest BCUT2D eigenvalue weighted by Crippen LogP contribution is -2.52. The van der Waals surface area contributed by atoms with Gasteiger partial charge in [0.15, 0.2) is 0 Å². The summed E-state index contributed by atoms with van der Waals surface area (Å²) in [6, 6.07) is 0. The second kappa shape index (κ2) is 3.76. The molecule has 86 valence electrons. The molecule has 0 spiro atoms. The first-order valence-electron chi connectivity index (χ1n) is 5.79. The fraction of sp³-hybridized carbons (Fsp3) is 0.909. The van der Waals surface area contributed by atoms with E-state index in [1.165, 1.54) is 0 Å². The van der Waals surface area contributed by atoms with Crippen LogP contribution in [-0.4, -0.2) is 28.7 Å². The average molecular weight is 212 g/mol. The highest BCUT2D eigenvalue weighted by Crippen LogP contribution is 2.33. The molecule has 2 saturated carbocycles. The molecule has 0 radical (unpaired) electrons. The van der Waals surface area contributed by atoms with E-state index in [0.717, 1.165) is 38.5 Å². The van der Waals surface area contributed by atoms with Crippen molar-refractivity contribution in [3.05, 3.63) is 0 Å². The normalized spacial score (nSPS) is 26.3. The standard InChI is InChI=1S/C11H20N2O2/c12-10(3-1-4-10)7-9(14)13-8-11(15)5-2-6-11/h15H,1-8,12H2,(H,13,14). The van der Waals surface area contributed by atoms with Crippen molar-refractivity contribution in [3.63, 3.8) is 0 Å². The Bertz CT molecular complexity index is 257. The third-order valence-electron chi connectivity index (χ3n) is 3.76. The van der Waals surface area contributed by atoms with Crippen LogP contribution in [-0.2, 0) is 4.79 Å². The zero-order chi connectivity index (χ0) is 10.9. The maximum Gasteiger partial charge on any atom is 0.221 e. The molecule has 2 aliphatic rings. The highest BCUT2D eigenvalue weighted by atomic mass is 16.3. The van der Waals surface area contributed by atoms with Crippen molar-refractivity contribution in [2.45, 2.75) is 56.1 Å². The van der Waals surface area contributed by atoms with Crippen molar-refractivity contribution in [2.75, 3.05) is 6.54 Å². The lowest BCUT2D eigenvalue weighted by atomic mass is 9.75. The summed E-state index contributed by atoms with van der Waals surface area (Å²) >= 11 is 0. The van der Waals surface area contributed by atoms with E-state index in [1.54, 1.807) is 0 Å². The molecule has 0 unspecified atom stereocenters. The average Bonchev–Trinajstić information content (AvgIpc) is 2.09. The molecular weight excluding hydrogens is 192 g/mol. The minimum Gasteiger partial charge on any atom is -0.388 e. The predicted molar refractivity (Wildman–Crippen MR) is 57.2 cm³/mol. The first kappa shape index (κ1) is 10.9. The topological polar surface area (TPSA) is 75.4 Å². The van der Waals surface area contributed by atoms with Crippen molar-refractivity contribution in [1.29, 1.82) is 0 Å². The Morgan fingerprint density at radius 3 is 2.27 bits per heavy atom. The third-order valence-corrected chi connectivity index (χ3v) is 3.76. The summed E-state index contributed by atoms with van der Waals surface area (Å²) in [5.74, 6) is -0.0162. The molecule has 0 saturated heterocycles. The Hall–Kier alpha value is -0.610. The molecule has 0 heterocycles. The zero-order valence-electron chi connectivity index (χ0n) is 9.09. The number of aliphatic hydroxyl groups is 1. The van der Waals surface area contributed by atoms with Gasteiger partial charge < -0.3 is 16.2 Å². The van der Waals surface area contributed by atoms with Gasteiger partial charge in [-0.2, -0.15) is 0 Å². The second-order valence-corrected chi connectivity index (χ2v) is 5.25. The molecule has 2 fully saturated rings. The van der Waals surface area contributed by atoms with E-state index in [0.29, 0.717) is 13.0 Å². The maximum atomic E-state index is 11.5. The number of hydrogen-bond acceptors (Lipinski definition) is 3.